The van der Waals surface area contributed by atoms with E-state index >= 15 is 0 Å². The lowest BCUT2D eigenvalue weighted by Crippen LogP contribution is -2.04. The highest BCUT2D eigenvalue weighted by Gasteiger charge is 2.12. The highest BCUT2D eigenvalue weighted by molar-refractivity contribution is 8.01. The highest BCUT2D eigenvalue weighted by Crippen LogP contribution is 2.35. The second kappa shape index (κ2) is 14.5. The zero-order valence-electron chi connectivity index (χ0n) is 26.6. The maximum absolute atomic E-state index is 13.1. The Morgan fingerprint density at radius 1 is 0.460 bits per heavy atom. The Morgan fingerprint density at radius 3 is 1.22 bits per heavy atom. The Kier molecular flexibility index (Phi) is 9.41. The van der Waals surface area contributed by atoms with Crippen molar-refractivity contribution in [2.75, 3.05) is 0 Å². The molecule has 0 unspecified atom stereocenters. The van der Waals surface area contributed by atoms with Gasteiger partial charge in [-0.2, -0.15) is 0 Å². The van der Waals surface area contributed by atoms with Crippen molar-refractivity contribution in [3.63, 3.8) is 0 Å². The summed E-state index contributed by atoms with van der Waals surface area (Å²) in [6, 6.07) is 48.0. The summed E-state index contributed by atoms with van der Waals surface area (Å²) in [5.74, 6) is 0.153. The van der Waals surface area contributed by atoms with Crippen molar-refractivity contribution in [3.05, 3.63) is 168 Å². The number of nitrogens with zero attached hydrogens (tertiary/aromatic N) is 2. The van der Waals surface area contributed by atoms with Crippen LogP contribution in [0.25, 0.3) is 31.6 Å². The number of carbonyl (C=O) groups excluding carboxylic acids is 2. The molecular weight excluding hydrogens is 693 g/mol. The van der Waals surface area contributed by atoms with Gasteiger partial charge >= 0.3 is 0 Å². The van der Waals surface area contributed by atoms with Crippen LogP contribution in [0.4, 0.5) is 0 Å². The molecule has 0 spiro atoms. The van der Waals surface area contributed by atoms with Gasteiger partial charge in [-0.1, -0.05) is 121 Å². The summed E-state index contributed by atoms with van der Waals surface area (Å²) in [5, 5.41) is 0. The van der Waals surface area contributed by atoms with Crippen molar-refractivity contribution >= 4 is 78.2 Å². The van der Waals surface area contributed by atoms with Crippen molar-refractivity contribution < 1.29 is 9.59 Å². The number of carbonyl (C=O) groups is 2. The molecule has 8 rings (SSSR count). The third-order valence-corrected chi connectivity index (χ3v) is 12.5. The summed E-state index contributed by atoms with van der Waals surface area (Å²) in [7, 11) is 0. The van der Waals surface area contributed by atoms with E-state index in [-0.39, 0.29) is 11.6 Å². The molecule has 2 aromatic heterocycles. The maximum atomic E-state index is 13.1. The summed E-state index contributed by atoms with van der Waals surface area (Å²) in [4.78, 5) is 37.8. The molecule has 0 aliphatic rings. The molecule has 0 amide bonds. The number of Topliss-reactive ketones (excluding diaryl/α,β-unsaturated/α-hetero) is 2. The van der Waals surface area contributed by atoms with Gasteiger partial charge in [0.05, 0.1) is 20.4 Å². The molecule has 0 fully saturated rings. The first-order valence-electron chi connectivity index (χ1n) is 16.0. The van der Waals surface area contributed by atoms with Crippen LogP contribution >= 0.6 is 46.2 Å². The van der Waals surface area contributed by atoms with E-state index in [2.05, 4.69) is 36.4 Å². The molecule has 8 aromatic rings. The SMILES string of the molecule is O=C(Cc1ccc(Sc2nc3ccccc3s2)cc1)c1ccc(-c2ccc(C(=O)Cc3ccc(Sc4nc5ccccc5s4)cc3)cc2)cc1. The van der Waals surface area contributed by atoms with Gasteiger partial charge in [-0.05, 0) is 70.8 Å². The maximum Gasteiger partial charge on any atom is 0.167 e. The zero-order valence-corrected chi connectivity index (χ0v) is 29.9. The molecule has 0 bridgehead atoms. The van der Waals surface area contributed by atoms with Crippen molar-refractivity contribution in [1.29, 1.82) is 0 Å². The van der Waals surface area contributed by atoms with Gasteiger partial charge in [0.1, 0.15) is 0 Å². The molecule has 0 aliphatic heterocycles. The molecule has 4 nitrogen and oxygen atoms in total. The second-order valence-electron chi connectivity index (χ2n) is 11.7. The fraction of sp³-hybridized carbons (Fsp3) is 0.0476. The van der Waals surface area contributed by atoms with E-state index < -0.39 is 0 Å². The van der Waals surface area contributed by atoms with Gasteiger partial charge in [-0.15, -0.1) is 22.7 Å². The Morgan fingerprint density at radius 2 is 0.840 bits per heavy atom. The molecule has 50 heavy (non-hydrogen) atoms. The zero-order chi connectivity index (χ0) is 33.9. The number of ketones is 2. The van der Waals surface area contributed by atoms with Crippen molar-refractivity contribution in [2.45, 2.75) is 31.3 Å². The Bertz CT molecular complexity index is 2210. The molecule has 2 heterocycles. The van der Waals surface area contributed by atoms with Crippen LogP contribution in [-0.2, 0) is 12.8 Å². The van der Waals surface area contributed by atoms with E-state index in [1.54, 1.807) is 46.2 Å². The van der Waals surface area contributed by atoms with Crippen LogP contribution in [0.2, 0.25) is 0 Å². The highest BCUT2D eigenvalue weighted by atomic mass is 32.2. The predicted octanol–water partition coefficient (Wildman–Crippen LogP) is 11.7. The van der Waals surface area contributed by atoms with Crippen molar-refractivity contribution in [1.82, 2.24) is 9.97 Å². The summed E-state index contributed by atoms with van der Waals surface area (Å²) in [6.45, 7) is 0. The van der Waals surface area contributed by atoms with Gasteiger partial charge in [-0.25, -0.2) is 9.97 Å². The van der Waals surface area contributed by atoms with Crippen LogP contribution in [0.15, 0.2) is 164 Å². The number of fused-ring (bicyclic) bond motifs is 2. The monoisotopic (exact) mass is 720 g/mol. The number of hydrogen-bond donors (Lipinski definition) is 0. The molecule has 0 atom stereocenters. The number of aromatic nitrogens is 2. The Hall–Kier alpha value is -4.86. The van der Waals surface area contributed by atoms with E-state index in [1.807, 2.05) is 109 Å². The second-order valence-corrected chi connectivity index (χ2v) is 16.4. The molecule has 0 aliphatic carbocycles. The minimum Gasteiger partial charge on any atom is -0.294 e. The third-order valence-electron chi connectivity index (χ3n) is 8.28. The largest absolute Gasteiger partial charge is 0.294 e. The molecular formula is C42H28N2O2S4. The van der Waals surface area contributed by atoms with Crippen LogP contribution in [0.3, 0.4) is 0 Å². The lowest BCUT2D eigenvalue weighted by Gasteiger charge is -2.07. The van der Waals surface area contributed by atoms with E-state index in [9.17, 15) is 9.59 Å². The van der Waals surface area contributed by atoms with Crippen LogP contribution < -0.4 is 0 Å². The van der Waals surface area contributed by atoms with Gasteiger partial charge in [0.25, 0.3) is 0 Å². The van der Waals surface area contributed by atoms with Crippen molar-refractivity contribution in [2.24, 2.45) is 0 Å². The summed E-state index contributed by atoms with van der Waals surface area (Å²) in [5.41, 5.74) is 7.35. The number of rotatable bonds is 11. The fourth-order valence-corrected chi connectivity index (χ4v) is 9.69. The quantitative estimate of drug-likeness (QED) is 0.124. The topological polar surface area (TPSA) is 59.9 Å². The third kappa shape index (κ3) is 7.49. The van der Waals surface area contributed by atoms with Gasteiger partial charge in [-0.3, -0.25) is 9.59 Å². The fourth-order valence-electron chi connectivity index (χ4n) is 5.61. The van der Waals surface area contributed by atoms with Crippen LogP contribution in [0.1, 0.15) is 31.8 Å². The first-order valence-corrected chi connectivity index (χ1v) is 19.3. The molecule has 8 heteroatoms. The molecule has 0 saturated heterocycles. The average molecular weight is 721 g/mol. The molecule has 6 aromatic carbocycles. The lowest BCUT2D eigenvalue weighted by atomic mass is 9.97. The average Bonchev–Trinajstić information content (AvgIpc) is 3.76. The number of hydrogen-bond acceptors (Lipinski definition) is 8. The lowest BCUT2D eigenvalue weighted by molar-refractivity contribution is 0.0984. The number of thiazole rings is 2. The van der Waals surface area contributed by atoms with Gasteiger partial charge in [0.15, 0.2) is 20.2 Å². The van der Waals surface area contributed by atoms with Crippen LogP contribution in [-0.4, -0.2) is 21.5 Å². The van der Waals surface area contributed by atoms with E-state index in [4.69, 9.17) is 9.97 Å². The standard InChI is InChI=1S/C42H28N2O2S4/c45-37(25-27-9-21-33(22-10-27)47-41-43-35-5-1-3-7-39(35)49-41)31-17-13-29(14-18-31)30-15-19-32(20-16-30)38(46)26-28-11-23-34(24-12-28)48-42-44-36-6-2-4-8-40(36)50-42/h1-24H,25-26H2. The van der Waals surface area contributed by atoms with Crippen LogP contribution in [0, 0.1) is 0 Å². The summed E-state index contributed by atoms with van der Waals surface area (Å²) in [6.07, 6.45) is 0.680. The van der Waals surface area contributed by atoms with E-state index in [0.717, 1.165) is 51.8 Å². The van der Waals surface area contributed by atoms with E-state index in [1.165, 1.54) is 9.40 Å². The summed E-state index contributed by atoms with van der Waals surface area (Å²) < 4.78 is 4.38. The number of para-hydroxylation sites is 2. The Balaban J connectivity index is 0.843. The smallest absolute Gasteiger partial charge is 0.167 e. The molecule has 0 radical (unpaired) electrons. The Labute approximate surface area is 306 Å². The van der Waals surface area contributed by atoms with E-state index in [0.29, 0.717) is 24.0 Å². The number of benzene rings is 6. The van der Waals surface area contributed by atoms with Gasteiger partial charge < -0.3 is 0 Å². The first kappa shape index (κ1) is 32.4. The minimum atomic E-state index is 0.0763. The molecule has 0 N–H and O–H groups in total. The van der Waals surface area contributed by atoms with Gasteiger partial charge in [0.2, 0.25) is 0 Å². The van der Waals surface area contributed by atoms with Gasteiger partial charge in [0, 0.05) is 33.8 Å². The minimum absolute atomic E-state index is 0.0763. The molecule has 242 valence electrons. The predicted molar refractivity (Wildman–Crippen MR) is 208 cm³/mol. The van der Waals surface area contributed by atoms with Crippen LogP contribution in [0.5, 0.6) is 0 Å². The molecule has 0 saturated carbocycles. The van der Waals surface area contributed by atoms with Crippen molar-refractivity contribution in [3.8, 4) is 11.1 Å². The first-order chi connectivity index (χ1) is 24.5. The normalized spacial score (nSPS) is 11.3. The summed E-state index contributed by atoms with van der Waals surface area (Å²) >= 11 is 6.66.